The fourth-order valence-electron chi connectivity index (χ4n) is 1.92. The third-order valence-corrected chi connectivity index (χ3v) is 3.21. The van der Waals surface area contributed by atoms with E-state index < -0.39 is 0 Å². The minimum atomic E-state index is -0.0425. The molecule has 1 aromatic heterocycles. The van der Waals surface area contributed by atoms with Crippen LogP contribution in [0.1, 0.15) is 26.7 Å². The van der Waals surface area contributed by atoms with Gasteiger partial charge in [-0.05, 0) is 49.3 Å². The summed E-state index contributed by atoms with van der Waals surface area (Å²) >= 11 is 2.20. The van der Waals surface area contributed by atoms with Crippen molar-refractivity contribution >= 4 is 28.5 Å². The Morgan fingerprint density at radius 3 is 2.75 bits per heavy atom. The van der Waals surface area contributed by atoms with E-state index in [1.54, 1.807) is 0 Å². The van der Waals surface area contributed by atoms with Crippen LogP contribution in [0.2, 0.25) is 0 Å². The van der Waals surface area contributed by atoms with Crippen LogP contribution in [-0.4, -0.2) is 28.2 Å². The van der Waals surface area contributed by atoms with E-state index in [0.29, 0.717) is 12.0 Å². The predicted octanol–water partition coefficient (Wildman–Crippen LogP) is 2.45. The fourth-order valence-corrected chi connectivity index (χ4v) is 2.20. The molecule has 0 aliphatic carbocycles. The summed E-state index contributed by atoms with van der Waals surface area (Å²) < 4.78 is 6.72. The van der Waals surface area contributed by atoms with E-state index in [0.717, 1.165) is 23.0 Å². The van der Waals surface area contributed by atoms with Gasteiger partial charge in [-0.1, -0.05) is 0 Å². The number of rotatable bonds is 2. The van der Waals surface area contributed by atoms with Crippen LogP contribution in [-0.2, 0) is 4.74 Å². The zero-order chi connectivity index (χ0) is 11.6. The van der Waals surface area contributed by atoms with Gasteiger partial charge in [0.25, 0.3) is 0 Å². The Balaban J connectivity index is 1.97. The van der Waals surface area contributed by atoms with Gasteiger partial charge in [0, 0.05) is 28.6 Å². The van der Waals surface area contributed by atoms with Crippen molar-refractivity contribution in [2.24, 2.45) is 0 Å². The largest absolute Gasteiger partial charge is 0.375 e. The molecule has 0 radical (unpaired) electrons. The van der Waals surface area contributed by atoms with Crippen molar-refractivity contribution in [2.75, 3.05) is 11.9 Å². The van der Waals surface area contributed by atoms with Crippen molar-refractivity contribution in [3.05, 3.63) is 16.0 Å². The Bertz CT molecular complexity index is 353. The molecule has 4 nitrogen and oxygen atoms in total. The molecule has 1 atom stereocenters. The number of aromatic nitrogens is 2. The topological polar surface area (TPSA) is 47.0 Å². The van der Waals surface area contributed by atoms with Gasteiger partial charge in [-0.2, -0.15) is 0 Å². The van der Waals surface area contributed by atoms with Crippen LogP contribution >= 0.6 is 22.6 Å². The van der Waals surface area contributed by atoms with Gasteiger partial charge in [0.2, 0.25) is 5.95 Å². The maximum absolute atomic E-state index is 5.67. The molecular weight excluding hydrogens is 317 g/mol. The summed E-state index contributed by atoms with van der Waals surface area (Å²) in [5, 5.41) is 3.36. The van der Waals surface area contributed by atoms with Gasteiger partial charge < -0.3 is 10.1 Å². The number of hydrogen-bond acceptors (Lipinski definition) is 4. The standard InChI is InChI=1S/C11H16IN3O/c1-11(2)5-9(3-4-16-11)15-10-13-6-8(12)7-14-10/h6-7,9H,3-5H2,1-2H3,(H,13,14,15). The first-order valence-electron chi connectivity index (χ1n) is 5.43. The molecule has 0 aromatic carbocycles. The van der Waals surface area contributed by atoms with Gasteiger partial charge >= 0.3 is 0 Å². The lowest BCUT2D eigenvalue weighted by Crippen LogP contribution is -2.40. The third-order valence-electron chi connectivity index (χ3n) is 2.65. The fraction of sp³-hybridized carbons (Fsp3) is 0.636. The van der Waals surface area contributed by atoms with Crippen LogP contribution in [0.25, 0.3) is 0 Å². The molecule has 1 fully saturated rings. The summed E-state index contributed by atoms with van der Waals surface area (Å²) in [5.41, 5.74) is -0.0425. The minimum absolute atomic E-state index is 0.0425. The highest BCUT2D eigenvalue weighted by Gasteiger charge is 2.28. The first-order valence-corrected chi connectivity index (χ1v) is 6.51. The van der Waals surface area contributed by atoms with Crippen LogP contribution in [0.5, 0.6) is 0 Å². The number of anilines is 1. The summed E-state index contributed by atoms with van der Waals surface area (Å²) in [4.78, 5) is 8.50. The molecule has 88 valence electrons. The van der Waals surface area contributed by atoms with Crippen molar-refractivity contribution in [1.29, 1.82) is 0 Å². The van der Waals surface area contributed by atoms with Crippen LogP contribution in [0, 0.1) is 3.57 Å². The van der Waals surface area contributed by atoms with Crippen molar-refractivity contribution in [1.82, 2.24) is 9.97 Å². The van der Waals surface area contributed by atoms with E-state index in [9.17, 15) is 0 Å². The summed E-state index contributed by atoms with van der Waals surface area (Å²) in [5.74, 6) is 0.711. The summed E-state index contributed by atoms with van der Waals surface area (Å²) in [6.07, 6.45) is 5.64. The van der Waals surface area contributed by atoms with Gasteiger partial charge in [0.05, 0.1) is 5.60 Å². The lowest BCUT2D eigenvalue weighted by atomic mass is 9.94. The van der Waals surface area contributed by atoms with Crippen LogP contribution in [0.15, 0.2) is 12.4 Å². The molecule has 0 spiro atoms. The van der Waals surface area contributed by atoms with E-state index >= 15 is 0 Å². The molecule has 0 bridgehead atoms. The van der Waals surface area contributed by atoms with E-state index in [1.807, 2.05) is 12.4 Å². The molecule has 1 saturated heterocycles. The summed E-state index contributed by atoms with van der Waals surface area (Å²) in [6.45, 7) is 5.04. The molecule has 1 aliphatic rings. The second kappa shape index (κ2) is 4.83. The zero-order valence-electron chi connectivity index (χ0n) is 9.53. The van der Waals surface area contributed by atoms with Crippen molar-refractivity contribution in [3.8, 4) is 0 Å². The minimum Gasteiger partial charge on any atom is -0.375 e. The molecule has 2 heterocycles. The molecule has 2 rings (SSSR count). The Labute approximate surface area is 109 Å². The molecular formula is C11H16IN3O. The molecule has 0 saturated carbocycles. The second-order valence-corrected chi connectivity index (χ2v) is 5.91. The third kappa shape index (κ3) is 3.28. The van der Waals surface area contributed by atoms with Crippen molar-refractivity contribution < 1.29 is 4.74 Å². The predicted molar refractivity (Wildman–Crippen MR) is 71.4 cm³/mol. The first-order chi connectivity index (χ1) is 7.55. The lowest BCUT2D eigenvalue weighted by molar-refractivity contribution is -0.0553. The van der Waals surface area contributed by atoms with Gasteiger partial charge in [0.1, 0.15) is 0 Å². The highest BCUT2D eigenvalue weighted by molar-refractivity contribution is 14.1. The number of nitrogens with zero attached hydrogens (tertiary/aromatic N) is 2. The summed E-state index contributed by atoms with van der Waals surface area (Å²) in [6, 6.07) is 0.406. The van der Waals surface area contributed by atoms with Crippen LogP contribution < -0.4 is 5.32 Å². The molecule has 1 aromatic rings. The zero-order valence-corrected chi connectivity index (χ0v) is 11.7. The molecule has 16 heavy (non-hydrogen) atoms. The molecule has 5 heteroatoms. The van der Waals surface area contributed by atoms with E-state index in [4.69, 9.17) is 4.74 Å². The Hall–Kier alpha value is -0.430. The van der Waals surface area contributed by atoms with Crippen LogP contribution in [0.3, 0.4) is 0 Å². The number of halogens is 1. The Morgan fingerprint density at radius 1 is 1.44 bits per heavy atom. The maximum Gasteiger partial charge on any atom is 0.222 e. The number of nitrogens with one attached hydrogen (secondary N) is 1. The highest BCUT2D eigenvalue weighted by Crippen LogP contribution is 2.25. The normalized spacial score (nSPS) is 24.1. The Morgan fingerprint density at radius 2 is 2.12 bits per heavy atom. The molecule has 0 amide bonds. The van der Waals surface area contributed by atoms with E-state index in [2.05, 4.69) is 51.7 Å². The van der Waals surface area contributed by atoms with Gasteiger partial charge in [-0.3, -0.25) is 0 Å². The first kappa shape index (κ1) is 12.0. The van der Waals surface area contributed by atoms with Gasteiger partial charge in [-0.25, -0.2) is 9.97 Å². The van der Waals surface area contributed by atoms with Crippen molar-refractivity contribution in [3.63, 3.8) is 0 Å². The van der Waals surface area contributed by atoms with E-state index in [-0.39, 0.29) is 5.60 Å². The Kier molecular flexibility index (Phi) is 3.63. The average Bonchev–Trinajstić information content (AvgIpc) is 2.20. The maximum atomic E-state index is 5.67. The van der Waals surface area contributed by atoms with Crippen molar-refractivity contribution in [2.45, 2.75) is 38.3 Å². The van der Waals surface area contributed by atoms with Crippen LogP contribution in [0.4, 0.5) is 5.95 Å². The lowest BCUT2D eigenvalue weighted by Gasteiger charge is -2.35. The smallest absolute Gasteiger partial charge is 0.222 e. The highest BCUT2D eigenvalue weighted by atomic mass is 127. The van der Waals surface area contributed by atoms with Gasteiger partial charge in [-0.15, -0.1) is 0 Å². The van der Waals surface area contributed by atoms with Gasteiger partial charge in [0.15, 0.2) is 0 Å². The monoisotopic (exact) mass is 333 g/mol. The molecule has 1 N–H and O–H groups in total. The number of ether oxygens (including phenoxy) is 1. The molecule has 1 aliphatic heterocycles. The second-order valence-electron chi connectivity index (χ2n) is 4.67. The average molecular weight is 333 g/mol. The quantitative estimate of drug-likeness (QED) is 0.845. The number of hydrogen-bond donors (Lipinski definition) is 1. The molecule has 1 unspecified atom stereocenters. The SMILES string of the molecule is CC1(C)CC(Nc2ncc(I)cn2)CCO1. The summed E-state index contributed by atoms with van der Waals surface area (Å²) in [7, 11) is 0. The van der Waals surface area contributed by atoms with E-state index in [1.165, 1.54) is 0 Å².